The van der Waals surface area contributed by atoms with Crippen molar-refractivity contribution in [1.82, 2.24) is 23.8 Å². The number of anilines is 1. The molecule has 0 radical (unpaired) electrons. The van der Waals surface area contributed by atoms with Gasteiger partial charge in [-0.1, -0.05) is 0 Å². The fourth-order valence-corrected chi connectivity index (χ4v) is 5.31. The first-order chi connectivity index (χ1) is 15.5. The minimum absolute atomic E-state index is 0.218. The number of aryl methyl sites for hydroxylation is 1. The summed E-state index contributed by atoms with van der Waals surface area (Å²) in [6.45, 7) is 4.76. The van der Waals surface area contributed by atoms with Crippen LogP contribution in [0.1, 0.15) is 12.2 Å². The Labute approximate surface area is 186 Å². The number of fused-ring (bicyclic) bond motifs is 1. The predicted octanol–water partition coefficient (Wildman–Crippen LogP) is 1.64. The second-order valence-electron chi connectivity index (χ2n) is 7.63. The number of imidazole rings is 1. The molecule has 0 saturated carbocycles. The zero-order valence-electron chi connectivity index (χ0n) is 17.7. The average molecular weight is 457 g/mol. The van der Waals surface area contributed by atoms with E-state index in [4.69, 9.17) is 9.47 Å². The van der Waals surface area contributed by atoms with Crippen molar-refractivity contribution >= 4 is 15.8 Å². The lowest BCUT2D eigenvalue weighted by Gasteiger charge is -2.34. The Bertz CT molecular complexity index is 1220. The first-order valence-electron chi connectivity index (χ1n) is 10.5. The van der Waals surface area contributed by atoms with Crippen LogP contribution in [0.4, 0.5) is 5.82 Å². The highest BCUT2D eigenvalue weighted by atomic mass is 32.2. The number of sulfonamides is 1. The van der Waals surface area contributed by atoms with E-state index in [0.717, 1.165) is 23.9 Å². The molecular formula is C21H24N6O4S. The lowest BCUT2D eigenvalue weighted by molar-refractivity contribution is 0.296. The van der Waals surface area contributed by atoms with E-state index in [1.165, 1.54) is 10.6 Å². The Morgan fingerprint density at radius 3 is 2.41 bits per heavy atom. The van der Waals surface area contributed by atoms with Gasteiger partial charge in [0.05, 0.1) is 18.1 Å². The fourth-order valence-electron chi connectivity index (χ4n) is 3.87. The molecule has 0 N–H and O–H groups in total. The summed E-state index contributed by atoms with van der Waals surface area (Å²) in [7, 11) is -3.64. The molecule has 32 heavy (non-hydrogen) atoms. The normalized spacial score (nSPS) is 17.2. The molecule has 0 spiro atoms. The molecule has 0 atom stereocenters. The maximum absolute atomic E-state index is 13.2. The van der Waals surface area contributed by atoms with E-state index in [1.807, 2.05) is 23.8 Å². The van der Waals surface area contributed by atoms with Crippen LogP contribution in [0.5, 0.6) is 11.5 Å². The highest BCUT2D eigenvalue weighted by Crippen LogP contribution is 2.33. The lowest BCUT2D eigenvalue weighted by Crippen LogP contribution is -2.49. The SMILES string of the molecule is Cc1nccn1-c1cc(N2CCN(S(=O)(=O)c3ccc4c(c3)OCCCO4)CC2)ncn1. The van der Waals surface area contributed by atoms with Crippen LogP contribution in [0.15, 0.2) is 47.9 Å². The number of piperazine rings is 1. The average Bonchev–Trinajstić information content (AvgIpc) is 3.11. The summed E-state index contributed by atoms with van der Waals surface area (Å²) < 4.78 is 41.1. The van der Waals surface area contributed by atoms with E-state index in [-0.39, 0.29) is 4.90 Å². The molecule has 0 bridgehead atoms. The Hall–Kier alpha value is -3.18. The van der Waals surface area contributed by atoms with Gasteiger partial charge >= 0.3 is 0 Å². The summed E-state index contributed by atoms with van der Waals surface area (Å²) in [6, 6.07) is 6.71. The van der Waals surface area contributed by atoms with Gasteiger partial charge in [-0.15, -0.1) is 0 Å². The summed E-state index contributed by atoms with van der Waals surface area (Å²) in [6.07, 6.45) is 5.86. The molecule has 3 aromatic rings. The standard InChI is InChI=1S/C21H24N6O4S/c1-16-22-5-6-27(16)21-14-20(23-15-24-21)25-7-9-26(10-8-25)32(28,29)17-3-4-18-19(13-17)31-12-2-11-30-18/h3-6,13-15H,2,7-12H2,1H3. The van der Waals surface area contributed by atoms with Crippen molar-refractivity contribution in [2.75, 3.05) is 44.3 Å². The zero-order valence-corrected chi connectivity index (χ0v) is 18.5. The van der Waals surface area contributed by atoms with E-state index in [2.05, 4.69) is 19.9 Å². The quantitative estimate of drug-likeness (QED) is 0.584. The zero-order chi connectivity index (χ0) is 22.1. The van der Waals surface area contributed by atoms with Gasteiger partial charge in [0.25, 0.3) is 0 Å². The molecule has 4 heterocycles. The van der Waals surface area contributed by atoms with Crippen LogP contribution in [0.3, 0.4) is 0 Å². The number of benzene rings is 1. The van der Waals surface area contributed by atoms with Crippen molar-refractivity contribution in [3.05, 3.63) is 48.8 Å². The van der Waals surface area contributed by atoms with Crippen LogP contribution in [-0.4, -0.2) is 71.6 Å². The van der Waals surface area contributed by atoms with Crippen molar-refractivity contribution < 1.29 is 17.9 Å². The first kappa shape index (κ1) is 20.7. The minimum atomic E-state index is -3.64. The summed E-state index contributed by atoms with van der Waals surface area (Å²) >= 11 is 0. The van der Waals surface area contributed by atoms with Gasteiger partial charge in [0.15, 0.2) is 11.5 Å². The van der Waals surface area contributed by atoms with Gasteiger partial charge in [-0.25, -0.2) is 23.4 Å². The summed E-state index contributed by atoms with van der Waals surface area (Å²) in [5, 5.41) is 0. The highest BCUT2D eigenvalue weighted by molar-refractivity contribution is 7.89. The Morgan fingerprint density at radius 1 is 0.906 bits per heavy atom. The van der Waals surface area contributed by atoms with E-state index in [0.29, 0.717) is 50.9 Å². The molecule has 1 saturated heterocycles. The van der Waals surface area contributed by atoms with Crippen molar-refractivity contribution in [2.24, 2.45) is 0 Å². The van der Waals surface area contributed by atoms with E-state index < -0.39 is 10.0 Å². The minimum Gasteiger partial charge on any atom is -0.490 e. The fraction of sp³-hybridized carbons (Fsp3) is 0.381. The molecular weight excluding hydrogens is 432 g/mol. The largest absolute Gasteiger partial charge is 0.490 e. The van der Waals surface area contributed by atoms with Crippen LogP contribution in [0.25, 0.3) is 5.82 Å². The smallest absolute Gasteiger partial charge is 0.243 e. The van der Waals surface area contributed by atoms with Crippen molar-refractivity contribution in [2.45, 2.75) is 18.2 Å². The summed E-state index contributed by atoms with van der Waals surface area (Å²) in [5.41, 5.74) is 0. The number of ether oxygens (including phenoxy) is 2. The van der Waals surface area contributed by atoms with Gasteiger partial charge in [-0.2, -0.15) is 4.31 Å². The summed E-state index contributed by atoms with van der Waals surface area (Å²) in [4.78, 5) is 15.2. The molecule has 10 nitrogen and oxygen atoms in total. The number of hydrogen-bond donors (Lipinski definition) is 0. The number of aromatic nitrogens is 4. The highest BCUT2D eigenvalue weighted by Gasteiger charge is 2.30. The third-order valence-corrected chi connectivity index (χ3v) is 7.52. The Morgan fingerprint density at radius 2 is 1.66 bits per heavy atom. The maximum atomic E-state index is 13.2. The van der Waals surface area contributed by atoms with E-state index in [9.17, 15) is 8.42 Å². The second-order valence-corrected chi connectivity index (χ2v) is 9.57. The van der Waals surface area contributed by atoms with Gasteiger partial charge in [-0.3, -0.25) is 4.57 Å². The Kier molecular flexibility index (Phi) is 5.43. The van der Waals surface area contributed by atoms with Gasteiger partial charge < -0.3 is 14.4 Å². The van der Waals surface area contributed by atoms with E-state index in [1.54, 1.807) is 24.4 Å². The van der Waals surface area contributed by atoms with Gasteiger partial charge in [0.1, 0.15) is 23.8 Å². The molecule has 2 aromatic heterocycles. The van der Waals surface area contributed by atoms with Gasteiger partial charge in [0.2, 0.25) is 10.0 Å². The second kappa shape index (κ2) is 8.40. The van der Waals surface area contributed by atoms with Crippen LogP contribution >= 0.6 is 0 Å². The number of rotatable bonds is 4. The van der Waals surface area contributed by atoms with Gasteiger partial charge in [-0.05, 0) is 19.1 Å². The van der Waals surface area contributed by atoms with Gasteiger partial charge in [0, 0.05) is 57.1 Å². The predicted molar refractivity (Wildman–Crippen MR) is 117 cm³/mol. The monoisotopic (exact) mass is 456 g/mol. The number of nitrogens with zero attached hydrogens (tertiary/aromatic N) is 6. The summed E-state index contributed by atoms with van der Waals surface area (Å²) in [5.74, 6) is 3.38. The molecule has 0 unspecified atom stereocenters. The van der Waals surface area contributed by atoms with Crippen LogP contribution < -0.4 is 14.4 Å². The lowest BCUT2D eigenvalue weighted by atomic mass is 10.3. The molecule has 1 aromatic carbocycles. The molecule has 5 rings (SSSR count). The topological polar surface area (TPSA) is 103 Å². The molecule has 2 aliphatic heterocycles. The molecule has 11 heteroatoms. The van der Waals surface area contributed by atoms with Crippen molar-refractivity contribution in [3.8, 4) is 17.3 Å². The third kappa shape index (κ3) is 3.89. The van der Waals surface area contributed by atoms with Crippen molar-refractivity contribution in [1.29, 1.82) is 0 Å². The molecule has 2 aliphatic rings. The maximum Gasteiger partial charge on any atom is 0.243 e. The molecule has 0 aliphatic carbocycles. The molecule has 168 valence electrons. The molecule has 0 amide bonds. The van der Waals surface area contributed by atoms with Crippen LogP contribution in [0, 0.1) is 6.92 Å². The van der Waals surface area contributed by atoms with Crippen LogP contribution in [0.2, 0.25) is 0 Å². The number of hydrogen-bond acceptors (Lipinski definition) is 8. The first-order valence-corrected chi connectivity index (χ1v) is 11.9. The van der Waals surface area contributed by atoms with Crippen LogP contribution in [-0.2, 0) is 10.0 Å². The third-order valence-electron chi connectivity index (χ3n) is 5.63. The molecule has 1 fully saturated rings. The van der Waals surface area contributed by atoms with Crippen molar-refractivity contribution in [3.63, 3.8) is 0 Å². The van der Waals surface area contributed by atoms with E-state index >= 15 is 0 Å². The Balaban J connectivity index is 1.31.